The van der Waals surface area contributed by atoms with E-state index in [9.17, 15) is 0 Å². The van der Waals surface area contributed by atoms with Gasteiger partial charge in [0.25, 0.3) is 0 Å². The molecule has 0 amide bonds. The zero-order valence-electron chi connectivity index (χ0n) is 11.9. The standard InChI is InChI=1S/C17H13N3OS/c1-21-15-10-6-5-9-13(15)14-11-20-17(18-14)22-16(19-20)12-7-3-2-4-8-12/h2-11H,1H3. The first-order valence-electron chi connectivity index (χ1n) is 6.90. The molecule has 0 fully saturated rings. The maximum absolute atomic E-state index is 5.40. The number of rotatable bonds is 3. The van der Waals surface area contributed by atoms with Crippen molar-refractivity contribution in [3.63, 3.8) is 0 Å². The average molecular weight is 307 g/mol. The van der Waals surface area contributed by atoms with E-state index in [0.29, 0.717) is 0 Å². The lowest BCUT2D eigenvalue weighted by Gasteiger charge is -2.04. The van der Waals surface area contributed by atoms with Gasteiger partial charge in [-0.2, -0.15) is 5.10 Å². The summed E-state index contributed by atoms with van der Waals surface area (Å²) in [6, 6.07) is 18.0. The van der Waals surface area contributed by atoms with Crippen LogP contribution in [-0.2, 0) is 0 Å². The summed E-state index contributed by atoms with van der Waals surface area (Å²) in [5.41, 5.74) is 2.96. The van der Waals surface area contributed by atoms with Gasteiger partial charge in [-0.05, 0) is 12.1 Å². The SMILES string of the molecule is COc1ccccc1-c1cn2nc(-c3ccccc3)sc2n1. The van der Waals surface area contributed by atoms with E-state index < -0.39 is 0 Å². The molecule has 5 heteroatoms. The Morgan fingerprint density at radius 2 is 1.77 bits per heavy atom. The lowest BCUT2D eigenvalue weighted by molar-refractivity contribution is 0.416. The van der Waals surface area contributed by atoms with Crippen molar-refractivity contribution in [3.8, 4) is 27.6 Å². The van der Waals surface area contributed by atoms with Gasteiger partial charge in [-0.25, -0.2) is 9.50 Å². The van der Waals surface area contributed by atoms with E-state index in [1.165, 1.54) is 0 Å². The zero-order chi connectivity index (χ0) is 14.9. The summed E-state index contributed by atoms with van der Waals surface area (Å²) in [5.74, 6) is 0.816. The van der Waals surface area contributed by atoms with Crippen LogP contribution >= 0.6 is 11.3 Å². The Kier molecular flexibility index (Phi) is 3.12. The van der Waals surface area contributed by atoms with Gasteiger partial charge < -0.3 is 4.74 Å². The van der Waals surface area contributed by atoms with Crippen LogP contribution in [0.2, 0.25) is 0 Å². The fourth-order valence-electron chi connectivity index (χ4n) is 2.38. The van der Waals surface area contributed by atoms with Crippen molar-refractivity contribution in [3.05, 3.63) is 60.8 Å². The molecule has 22 heavy (non-hydrogen) atoms. The van der Waals surface area contributed by atoms with E-state index in [1.54, 1.807) is 18.4 Å². The highest BCUT2D eigenvalue weighted by Crippen LogP contribution is 2.31. The third-order valence-electron chi connectivity index (χ3n) is 3.45. The van der Waals surface area contributed by atoms with Crippen molar-refractivity contribution in [2.45, 2.75) is 0 Å². The molecule has 2 heterocycles. The first kappa shape index (κ1) is 13.0. The molecule has 4 rings (SSSR count). The molecule has 2 aromatic carbocycles. The van der Waals surface area contributed by atoms with Gasteiger partial charge in [0.2, 0.25) is 4.96 Å². The molecule has 0 N–H and O–H groups in total. The third-order valence-corrected chi connectivity index (χ3v) is 4.42. The summed E-state index contributed by atoms with van der Waals surface area (Å²) < 4.78 is 7.23. The molecule has 4 nitrogen and oxygen atoms in total. The molecular formula is C17H13N3OS. The molecule has 0 aliphatic carbocycles. The number of hydrogen-bond donors (Lipinski definition) is 0. The van der Waals surface area contributed by atoms with Crippen molar-refractivity contribution in [2.24, 2.45) is 0 Å². The highest BCUT2D eigenvalue weighted by molar-refractivity contribution is 7.19. The van der Waals surface area contributed by atoms with Gasteiger partial charge in [0.1, 0.15) is 10.8 Å². The maximum Gasteiger partial charge on any atom is 0.213 e. The number of nitrogens with zero attached hydrogens (tertiary/aromatic N) is 3. The first-order valence-corrected chi connectivity index (χ1v) is 7.72. The molecule has 0 saturated carbocycles. The predicted molar refractivity (Wildman–Crippen MR) is 88.3 cm³/mol. The minimum Gasteiger partial charge on any atom is -0.496 e. The Labute approximate surface area is 131 Å². The monoisotopic (exact) mass is 307 g/mol. The van der Waals surface area contributed by atoms with Crippen LogP contribution in [0.1, 0.15) is 0 Å². The summed E-state index contributed by atoms with van der Waals surface area (Å²) in [6.07, 6.45) is 1.94. The molecule has 108 valence electrons. The van der Waals surface area contributed by atoms with Crippen LogP contribution < -0.4 is 4.74 Å². The minimum atomic E-state index is 0.816. The van der Waals surface area contributed by atoms with Gasteiger partial charge in [-0.1, -0.05) is 53.8 Å². The van der Waals surface area contributed by atoms with Crippen LogP contribution in [0.3, 0.4) is 0 Å². The van der Waals surface area contributed by atoms with Gasteiger partial charge in [0.15, 0.2) is 0 Å². The Balaban J connectivity index is 1.78. The number of methoxy groups -OCH3 is 1. The van der Waals surface area contributed by atoms with Crippen molar-refractivity contribution in [2.75, 3.05) is 7.11 Å². The van der Waals surface area contributed by atoms with Gasteiger partial charge in [0.05, 0.1) is 19.0 Å². The van der Waals surface area contributed by atoms with Crippen LogP contribution in [0.15, 0.2) is 60.8 Å². The second-order valence-corrected chi connectivity index (χ2v) is 5.78. The number of imidazole rings is 1. The number of para-hydroxylation sites is 1. The highest BCUT2D eigenvalue weighted by Gasteiger charge is 2.13. The summed E-state index contributed by atoms with van der Waals surface area (Å²) in [7, 11) is 1.67. The van der Waals surface area contributed by atoms with E-state index in [0.717, 1.165) is 32.5 Å². The minimum absolute atomic E-state index is 0.816. The summed E-state index contributed by atoms with van der Waals surface area (Å²) in [4.78, 5) is 5.55. The highest BCUT2D eigenvalue weighted by atomic mass is 32.1. The average Bonchev–Trinajstić information content (AvgIpc) is 3.14. The molecule has 2 aromatic heterocycles. The molecule has 0 spiro atoms. The van der Waals surface area contributed by atoms with E-state index in [-0.39, 0.29) is 0 Å². The number of aromatic nitrogens is 3. The molecule has 0 aliphatic heterocycles. The van der Waals surface area contributed by atoms with E-state index in [4.69, 9.17) is 4.74 Å². The quantitative estimate of drug-likeness (QED) is 0.571. The van der Waals surface area contributed by atoms with E-state index >= 15 is 0 Å². The predicted octanol–water partition coefficient (Wildman–Crippen LogP) is 4.13. The molecule has 0 saturated heterocycles. The zero-order valence-corrected chi connectivity index (χ0v) is 12.7. The van der Waals surface area contributed by atoms with Crippen molar-refractivity contribution >= 4 is 16.3 Å². The number of ether oxygens (including phenoxy) is 1. The topological polar surface area (TPSA) is 39.4 Å². The largest absolute Gasteiger partial charge is 0.496 e. The Morgan fingerprint density at radius 1 is 1.00 bits per heavy atom. The third kappa shape index (κ3) is 2.16. The smallest absolute Gasteiger partial charge is 0.213 e. The molecule has 0 unspecified atom stereocenters. The second-order valence-electron chi connectivity index (χ2n) is 4.83. The van der Waals surface area contributed by atoms with Gasteiger partial charge >= 0.3 is 0 Å². The van der Waals surface area contributed by atoms with Gasteiger partial charge in [0, 0.05) is 11.1 Å². The summed E-state index contributed by atoms with van der Waals surface area (Å²) >= 11 is 1.58. The lowest BCUT2D eigenvalue weighted by Crippen LogP contribution is -1.87. The second kappa shape index (κ2) is 5.27. The number of fused-ring (bicyclic) bond motifs is 1. The first-order chi connectivity index (χ1) is 10.8. The van der Waals surface area contributed by atoms with Crippen LogP contribution in [0.25, 0.3) is 26.8 Å². The lowest BCUT2D eigenvalue weighted by atomic mass is 10.1. The Hall–Kier alpha value is -2.66. The molecule has 4 aromatic rings. The normalized spacial score (nSPS) is 11.0. The van der Waals surface area contributed by atoms with Crippen molar-refractivity contribution < 1.29 is 4.74 Å². The molecular weight excluding hydrogens is 294 g/mol. The number of hydrogen-bond acceptors (Lipinski definition) is 4. The summed E-state index contributed by atoms with van der Waals surface area (Å²) in [5, 5.41) is 5.58. The molecule has 0 bridgehead atoms. The van der Waals surface area contributed by atoms with Crippen molar-refractivity contribution in [1.29, 1.82) is 0 Å². The molecule has 0 atom stereocenters. The molecule has 0 aliphatic rings. The van der Waals surface area contributed by atoms with Crippen LogP contribution in [-0.4, -0.2) is 21.7 Å². The van der Waals surface area contributed by atoms with E-state index in [1.807, 2.05) is 53.2 Å². The number of benzene rings is 2. The molecule has 0 radical (unpaired) electrons. The van der Waals surface area contributed by atoms with Crippen LogP contribution in [0.5, 0.6) is 5.75 Å². The Bertz CT molecular complexity index is 896. The summed E-state index contributed by atoms with van der Waals surface area (Å²) in [6.45, 7) is 0. The van der Waals surface area contributed by atoms with Gasteiger partial charge in [-0.15, -0.1) is 0 Å². The Morgan fingerprint density at radius 3 is 2.55 bits per heavy atom. The van der Waals surface area contributed by atoms with Crippen LogP contribution in [0, 0.1) is 0 Å². The van der Waals surface area contributed by atoms with Crippen LogP contribution in [0.4, 0.5) is 0 Å². The van der Waals surface area contributed by atoms with Gasteiger partial charge in [-0.3, -0.25) is 0 Å². The fourth-order valence-corrected chi connectivity index (χ4v) is 3.27. The van der Waals surface area contributed by atoms with E-state index in [2.05, 4.69) is 22.2 Å². The van der Waals surface area contributed by atoms with Crippen molar-refractivity contribution in [1.82, 2.24) is 14.6 Å². The fraction of sp³-hybridized carbons (Fsp3) is 0.0588. The maximum atomic E-state index is 5.40.